The Morgan fingerprint density at radius 1 is 1.00 bits per heavy atom. The van der Waals surface area contributed by atoms with Gasteiger partial charge in [-0.15, -0.1) is 0 Å². The zero-order valence-corrected chi connectivity index (χ0v) is 12.0. The number of hydrogen-bond donors (Lipinski definition) is 0. The first-order valence-electron chi connectivity index (χ1n) is 7.07. The highest BCUT2D eigenvalue weighted by Crippen LogP contribution is 2.43. The van der Waals surface area contributed by atoms with Crippen LogP contribution in [0.2, 0.25) is 0 Å². The average molecular weight is 282 g/mol. The van der Waals surface area contributed by atoms with Crippen molar-refractivity contribution >= 4 is 5.97 Å². The second kappa shape index (κ2) is 5.70. The first kappa shape index (κ1) is 13.8. The molecule has 1 aliphatic heterocycles. The summed E-state index contributed by atoms with van der Waals surface area (Å²) >= 11 is 0. The largest absolute Gasteiger partial charge is 0.467 e. The van der Waals surface area contributed by atoms with Gasteiger partial charge in [0.1, 0.15) is 5.60 Å². The lowest BCUT2D eigenvalue weighted by molar-refractivity contribution is -0.142. The van der Waals surface area contributed by atoms with E-state index in [0.717, 1.165) is 0 Å². The molecule has 1 unspecified atom stereocenters. The van der Waals surface area contributed by atoms with Crippen LogP contribution in [0.5, 0.6) is 0 Å². The smallest absolute Gasteiger partial charge is 0.338 e. The van der Waals surface area contributed by atoms with E-state index in [2.05, 4.69) is 24.3 Å². The molecule has 3 heteroatoms. The van der Waals surface area contributed by atoms with E-state index in [4.69, 9.17) is 9.47 Å². The van der Waals surface area contributed by atoms with E-state index < -0.39 is 11.7 Å². The number of methoxy groups -OCH3 is 1. The molecule has 0 radical (unpaired) electrons. The first-order chi connectivity index (χ1) is 10.2. The fourth-order valence-electron chi connectivity index (χ4n) is 2.78. The van der Waals surface area contributed by atoms with Gasteiger partial charge in [0.15, 0.2) is 6.10 Å². The third-order valence-corrected chi connectivity index (χ3v) is 3.88. The van der Waals surface area contributed by atoms with Crippen LogP contribution in [0.25, 0.3) is 0 Å². The molecule has 0 N–H and O–H groups in total. The maximum Gasteiger partial charge on any atom is 0.338 e. The van der Waals surface area contributed by atoms with Crippen molar-refractivity contribution in [3.05, 3.63) is 71.8 Å². The van der Waals surface area contributed by atoms with Gasteiger partial charge in [-0.05, 0) is 11.1 Å². The van der Waals surface area contributed by atoms with Crippen molar-refractivity contribution < 1.29 is 14.3 Å². The van der Waals surface area contributed by atoms with Crippen LogP contribution >= 0.6 is 0 Å². The Hall–Kier alpha value is -2.13. The van der Waals surface area contributed by atoms with Crippen LogP contribution in [-0.2, 0) is 27.1 Å². The van der Waals surface area contributed by atoms with Gasteiger partial charge in [-0.1, -0.05) is 60.7 Å². The normalized spacial score (nSPS) is 19.0. The van der Waals surface area contributed by atoms with Crippen molar-refractivity contribution in [1.82, 2.24) is 0 Å². The number of carbonyl (C=O) groups is 1. The summed E-state index contributed by atoms with van der Waals surface area (Å²) in [7, 11) is 1.40. The maximum atomic E-state index is 11.8. The minimum Gasteiger partial charge on any atom is -0.467 e. The molecule has 1 fully saturated rings. The molecular weight excluding hydrogens is 264 g/mol. The Morgan fingerprint density at radius 2 is 1.48 bits per heavy atom. The van der Waals surface area contributed by atoms with Crippen LogP contribution in [0.1, 0.15) is 11.1 Å². The monoisotopic (exact) mass is 282 g/mol. The first-order valence-corrected chi connectivity index (χ1v) is 7.07. The predicted octanol–water partition coefficient (Wildman–Crippen LogP) is 2.78. The van der Waals surface area contributed by atoms with E-state index in [1.165, 1.54) is 18.2 Å². The molecule has 3 rings (SSSR count). The van der Waals surface area contributed by atoms with Gasteiger partial charge >= 0.3 is 5.97 Å². The number of benzene rings is 2. The molecule has 1 saturated heterocycles. The summed E-state index contributed by atoms with van der Waals surface area (Å²) < 4.78 is 10.6. The summed E-state index contributed by atoms with van der Waals surface area (Å²) in [5, 5.41) is 0. The molecule has 2 aromatic rings. The number of carbonyl (C=O) groups excluding carboxylic acids is 1. The standard InChI is InChI=1S/C18H18O3/c1-20-17(19)16-18(21-16,12-14-8-4-2-5-9-14)13-15-10-6-3-7-11-15/h2-11,16H,12-13H2,1H3. The summed E-state index contributed by atoms with van der Waals surface area (Å²) in [5.41, 5.74) is 1.86. The van der Waals surface area contributed by atoms with Gasteiger partial charge in [0.05, 0.1) is 7.11 Å². The molecular formula is C18H18O3. The van der Waals surface area contributed by atoms with Gasteiger partial charge in [-0.2, -0.15) is 0 Å². The molecule has 0 aliphatic carbocycles. The maximum absolute atomic E-state index is 11.8. The number of hydrogen-bond acceptors (Lipinski definition) is 3. The third kappa shape index (κ3) is 2.98. The van der Waals surface area contributed by atoms with Crippen LogP contribution in [0, 0.1) is 0 Å². The number of rotatable bonds is 5. The van der Waals surface area contributed by atoms with Gasteiger partial charge < -0.3 is 9.47 Å². The topological polar surface area (TPSA) is 38.8 Å². The molecule has 0 saturated carbocycles. The van der Waals surface area contributed by atoms with Gasteiger partial charge in [-0.25, -0.2) is 4.79 Å². The highest BCUT2D eigenvalue weighted by Gasteiger charge is 2.61. The molecule has 1 aliphatic rings. The van der Waals surface area contributed by atoms with E-state index in [-0.39, 0.29) is 5.97 Å². The molecule has 108 valence electrons. The van der Waals surface area contributed by atoms with E-state index in [1.54, 1.807) is 0 Å². The van der Waals surface area contributed by atoms with Gasteiger partial charge in [-0.3, -0.25) is 0 Å². The van der Waals surface area contributed by atoms with Crippen molar-refractivity contribution in [3.8, 4) is 0 Å². The number of esters is 1. The molecule has 0 amide bonds. The van der Waals surface area contributed by atoms with Crippen molar-refractivity contribution in [2.45, 2.75) is 24.5 Å². The van der Waals surface area contributed by atoms with Gasteiger partial charge in [0, 0.05) is 12.8 Å². The summed E-state index contributed by atoms with van der Waals surface area (Å²) in [6, 6.07) is 20.2. The SMILES string of the molecule is COC(=O)C1OC1(Cc1ccccc1)Cc1ccccc1. The van der Waals surface area contributed by atoms with Crippen LogP contribution in [0.15, 0.2) is 60.7 Å². The highest BCUT2D eigenvalue weighted by molar-refractivity contribution is 5.79. The minimum absolute atomic E-state index is 0.290. The molecule has 1 heterocycles. The number of epoxide rings is 1. The summed E-state index contributed by atoms with van der Waals surface area (Å²) in [4.78, 5) is 11.8. The quantitative estimate of drug-likeness (QED) is 0.625. The molecule has 0 spiro atoms. The summed E-state index contributed by atoms with van der Waals surface area (Å²) in [6.45, 7) is 0. The second-order valence-corrected chi connectivity index (χ2v) is 5.41. The van der Waals surface area contributed by atoms with E-state index in [0.29, 0.717) is 12.8 Å². The van der Waals surface area contributed by atoms with Crippen molar-refractivity contribution in [1.29, 1.82) is 0 Å². The van der Waals surface area contributed by atoms with Crippen molar-refractivity contribution in [2.75, 3.05) is 7.11 Å². The van der Waals surface area contributed by atoms with E-state index in [1.807, 2.05) is 36.4 Å². The Labute approximate surface area is 124 Å². The van der Waals surface area contributed by atoms with Crippen LogP contribution in [0.4, 0.5) is 0 Å². The Morgan fingerprint density at radius 3 is 1.90 bits per heavy atom. The van der Waals surface area contributed by atoms with Gasteiger partial charge in [0.25, 0.3) is 0 Å². The van der Waals surface area contributed by atoms with Crippen molar-refractivity contribution in [2.24, 2.45) is 0 Å². The Bertz CT molecular complexity index is 565. The third-order valence-electron chi connectivity index (χ3n) is 3.88. The minimum atomic E-state index is -0.476. The summed E-state index contributed by atoms with van der Waals surface area (Å²) in [5.74, 6) is -0.290. The molecule has 0 aromatic heterocycles. The van der Waals surface area contributed by atoms with Crippen LogP contribution < -0.4 is 0 Å². The van der Waals surface area contributed by atoms with Crippen molar-refractivity contribution in [3.63, 3.8) is 0 Å². The molecule has 21 heavy (non-hydrogen) atoms. The predicted molar refractivity (Wildman–Crippen MR) is 79.9 cm³/mol. The van der Waals surface area contributed by atoms with Crippen LogP contribution in [-0.4, -0.2) is 24.8 Å². The number of ether oxygens (including phenoxy) is 2. The fraction of sp³-hybridized carbons (Fsp3) is 0.278. The lowest BCUT2D eigenvalue weighted by atomic mass is 9.89. The molecule has 2 aromatic carbocycles. The fourth-order valence-corrected chi connectivity index (χ4v) is 2.78. The second-order valence-electron chi connectivity index (χ2n) is 5.41. The zero-order valence-electron chi connectivity index (χ0n) is 12.0. The lowest BCUT2D eigenvalue weighted by Crippen LogP contribution is -2.27. The molecule has 3 nitrogen and oxygen atoms in total. The average Bonchev–Trinajstić information content (AvgIpc) is 3.22. The molecule has 1 atom stereocenters. The Kier molecular flexibility index (Phi) is 3.76. The van der Waals surface area contributed by atoms with Gasteiger partial charge in [0.2, 0.25) is 0 Å². The van der Waals surface area contributed by atoms with E-state index >= 15 is 0 Å². The van der Waals surface area contributed by atoms with Crippen LogP contribution in [0.3, 0.4) is 0 Å². The Balaban J connectivity index is 1.82. The molecule has 0 bridgehead atoms. The lowest BCUT2D eigenvalue weighted by Gasteiger charge is -2.13. The zero-order chi connectivity index (χ0) is 14.7. The highest BCUT2D eigenvalue weighted by atomic mass is 16.7. The summed E-state index contributed by atoms with van der Waals surface area (Å²) in [6.07, 6.45) is 0.952. The van der Waals surface area contributed by atoms with E-state index in [9.17, 15) is 4.79 Å².